The third-order valence-electron chi connectivity index (χ3n) is 2.80. The predicted molar refractivity (Wildman–Crippen MR) is 61.0 cm³/mol. The number of hydrogen-bond donors (Lipinski definition) is 1. The van der Waals surface area contributed by atoms with Gasteiger partial charge < -0.3 is 10.5 Å². The third kappa shape index (κ3) is 4.13. The Morgan fingerprint density at radius 1 is 1.50 bits per heavy atom. The summed E-state index contributed by atoms with van der Waals surface area (Å²) in [5, 5.41) is 0. The molecule has 0 rings (SSSR count). The van der Waals surface area contributed by atoms with Crippen molar-refractivity contribution in [3.05, 3.63) is 0 Å². The largest absolute Gasteiger partial charge is 0.374 e. The van der Waals surface area contributed by atoms with Crippen LogP contribution in [-0.2, 0) is 4.74 Å². The minimum atomic E-state index is -0.191. The summed E-state index contributed by atoms with van der Waals surface area (Å²) in [6.07, 6.45) is 8.87. The fourth-order valence-corrected chi connectivity index (χ4v) is 1.53. The van der Waals surface area contributed by atoms with Gasteiger partial charge in [-0.1, -0.05) is 6.92 Å². The van der Waals surface area contributed by atoms with Crippen molar-refractivity contribution in [3.8, 4) is 12.3 Å². The topological polar surface area (TPSA) is 35.2 Å². The molecule has 0 aromatic rings. The van der Waals surface area contributed by atoms with Gasteiger partial charge in [0, 0.05) is 19.1 Å². The Kier molecular flexibility index (Phi) is 6.61. The van der Waals surface area contributed by atoms with Crippen LogP contribution in [0.2, 0.25) is 0 Å². The van der Waals surface area contributed by atoms with Gasteiger partial charge in [0.25, 0.3) is 0 Å². The first-order chi connectivity index (χ1) is 6.60. The monoisotopic (exact) mass is 197 g/mol. The molecule has 0 amide bonds. The summed E-state index contributed by atoms with van der Waals surface area (Å²) in [6.45, 7) is 6.91. The van der Waals surface area contributed by atoms with E-state index in [2.05, 4.69) is 19.8 Å². The van der Waals surface area contributed by atoms with Crippen LogP contribution in [0.3, 0.4) is 0 Å². The van der Waals surface area contributed by atoms with Crippen LogP contribution in [0.5, 0.6) is 0 Å². The Morgan fingerprint density at radius 3 is 2.57 bits per heavy atom. The Hall–Kier alpha value is -0.520. The highest BCUT2D eigenvalue weighted by Crippen LogP contribution is 2.22. The maximum atomic E-state index is 6.10. The van der Waals surface area contributed by atoms with E-state index in [1.807, 2.05) is 6.92 Å². The van der Waals surface area contributed by atoms with Gasteiger partial charge in [-0.3, -0.25) is 0 Å². The molecule has 0 fully saturated rings. The van der Waals surface area contributed by atoms with E-state index in [4.69, 9.17) is 16.9 Å². The van der Waals surface area contributed by atoms with Gasteiger partial charge in [-0.05, 0) is 33.1 Å². The molecule has 0 spiro atoms. The summed E-state index contributed by atoms with van der Waals surface area (Å²) < 4.78 is 5.69. The van der Waals surface area contributed by atoms with Crippen molar-refractivity contribution in [1.82, 2.24) is 0 Å². The maximum absolute atomic E-state index is 6.10. The van der Waals surface area contributed by atoms with E-state index >= 15 is 0 Å². The minimum absolute atomic E-state index is 0.0841. The van der Waals surface area contributed by atoms with Crippen molar-refractivity contribution in [2.24, 2.45) is 5.73 Å². The van der Waals surface area contributed by atoms with E-state index in [0.29, 0.717) is 6.61 Å². The molecule has 14 heavy (non-hydrogen) atoms. The Balaban J connectivity index is 4.03. The van der Waals surface area contributed by atoms with Crippen LogP contribution < -0.4 is 5.73 Å². The van der Waals surface area contributed by atoms with Gasteiger partial charge in [-0.15, -0.1) is 12.3 Å². The van der Waals surface area contributed by atoms with Crippen LogP contribution in [0.4, 0.5) is 0 Å². The van der Waals surface area contributed by atoms with Crippen molar-refractivity contribution in [2.45, 2.75) is 58.1 Å². The van der Waals surface area contributed by atoms with Crippen molar-refractivity contribution in [3.63, 3.8) is 0 Å². The van der Waals surface area contributed by atoms with E-state index in [1.165, 1.54) is 0 Å². The van der Waals surface area contributed by atoms with E-state index in [9.17, 15) is 0 Å². The lowest BCUT2D eigenvalue weighted by Crippen LogP contribution is -2.47. The zero-order valence-corrected chi connectivity index (χ0v) is 9.68. The first-order valence-electron chi connectivity index (χ1n) is 5.43. The van der Waals surface area contributed by atoms with Gasteiger partial charge in [0.2, 0.25) is 0 Å². The second kappa shape index (κ2) is 6.86. The number of hydrogen-bond acceptors (Lipinski definition) is 2. The Labute approximate surface area is 88.2 Å². The summed E-state index contributed by atoms with van der Waals surface area (Å²) in [4.78, 5) is 0. The lowest BCUT2D eigenvalue weighted by Gasteiger charge is -2.34. The summed E-state index contributed by atoms with van der Waals surface area (Å²) in [6, 6.07) is 0.0841. The summed E-state index contributed by atoms with van der Waals surface area (Å²) in [7, 11) is 0. The number of unbranched alkanes of at least 4 members (excludes halogenated alkanes) is 1. The Morgan fingerprint density at radius 2 is 2.14 bits per heavy atom. The second-order valence-electron chi connectivity index (χ2n) is 3.80. The van der Waals surface area contributed by atoms with Crippen molar-refractivity contribution in [2.75, 3.05) is 6.61 Å². The number of rotatable bonds is 7. The first kappa shape index (κ1) is 13.5. The van der Waals surface area contributed by atoms with E-state index in [1.54, 1.807) is 0 Å². The third-order valence-corrected chi connectivity index (χ3v) is 2.80. The average Bonchev–Trinajstić information content (AvgIpc) is 2.18. The van der Waals surface area contributed by atoms with Gasteiger partial charge >= 0.3 is 0 Å². The van der Waals surface area contributed by atoms with Crippen molar-refractivity contribution >= 4 is 0 Å². The molecular weight excluding hydrogens is 174 g/mol. The summed E-state index contributed by atoms with van der Waals surface area (Å²) >= 11 is 0. The van der Waals surface area contributed by atoms with Crippen LogP contribution in [0, 0.1) is 12.3 Å². The molecule has 0 aliphatic carbocycles. The lowest BCUT2D eigenvalue weighted by molar-refractivity contribution is -0.0481. The van der Waals surface area contributed by atoms with Gasteiger partial charge in [0.1, 0.15) is 0 Å². The number of nitrogens with two attached hydrogens (primary N) is 1. The molecule has 0 bridgehead atoms. The molecule has 0 saturated carbocycles. The molecule has 0 aliphatic heterocycles. The van der Waals surface area contributed by atoms with Crippen molar-refractivity contribution < 1.29 is 4.74 Å². The quantitative estimate of drug-likeness (QED) is 0.502. The van der Waals surface area contributed by atoms with Crippen LogP contribution >= 0.6 is 0 Å². The summed E-state index contributed by atoms with van der Waals surface area (Å²) in [5.41, 5.74) is 5.90. The van der Waals surface area contributed by atoms with Gasteiger partial charge in [-0.25, -0.2) is 0 Å². The smallest absolute Gasteiger partial charge is 0.0801 e. The molecule has 0 radical (unpaired) electrons. The highest BCUT2D eigenvalue weighted by Gasteiger charge is 2.29. The molecule has 2 nitrogen and oxygen atoms in total. The van der Waals surface area contributed by atoms with E-state index in [-0.39, 0.29) is 11.6 Å². The average molecular weight is 197 g/mol. The fraction of sp³-hybridized carbons (Fsp3) is 0.833. The SMILES string of the molecule is C#CCCCC(N)C(C)(CC)OCC. The molecule has 0 heterocycles. The number of terminal acetylenes is 1. The lowest BCUT2D eigenvalue weighted by atomic mass is 9.90. The fourth-order valence-electron chi connectivity index (χ4n) is 1.53. The Bertz CT molecular complexity index is 185. The highest BCUT2D eigenvalue weighted by molar-refractivity contribution is 4.88. The molecule has 0 saturated heterocycles. The van der Waals surface area contributed by atoms with E-state index < -0.39 is 0 Å². The maximum Gasteiger partial charge on any atom is 0.0801 e. The molecule has 2 atom stereocenters. The standard InChI is InChI=1S/C12H23NO/c1-5-8-9-10-11(13)12(4,6-2)14-7-3/h1,11H,6-10,13H2,2-4H3. The molecule has 2 heteroatoms. The van der Waals surface area contributed by atoms with Crippen LogP contribution in [0.25, 0.3) is 0 Å². The molecule has 0 aromatic heterocycles. The zero-order valence-electron chi connectivity index (χ0n) is 9.68. The number of ether oxygens (including phenoxy) is 1. The van der Waals surface area contributed by atoms with Gasteiger partial charge in [0.05, 0.1) is 5.60 Å². The molecule has 82 valence electrons. The van der Waals surface area contributed by atoms with Crippen LogP contribution in [0.1, 0.15) is 46.5 Å². The normalized spacial score (nSPS) is 17.1. The molecule has 2 N–H and O–H groups in total. The van der Waals surface area contributed by atoms with Gasteiger partial charge in [-0.2, -0.15) is 0 Å². The minimum Gasteiger partial charge on any atom is -0.374 e. The van der Waals surface area contributed by atoms with Crippen LogP contribution in [-0.4, -0.2) is 18.2 Å². The van der Waals surface area contributed by atoms with Crippen LogP contribution in [0.15, 0.2) is 0 Å². The first-order valence-corrected chi connectivity index (χ1v) is 5.43. The van der Waals surface area contributed by atoms with Gasteiger partial charge in [0.15, 0.2) is 0 Å². The predicted octanol–water partition coefficient (Wildman–Crippen LogP) is 2.32. The molecule has 0 aliphatic rings. The molecule has 2 unspecified atom stereocenters. The highest BCUT2D eigenvalue weighted by atomic mass is 16.5. The summed E-state index contributed by atoms with van der Waals surface area (Å²) in [5.74, 6) is 2.63. The second-order valence-corrected chi connectivity index (χ2v) is 3.80. The van der Waals surface area contributed by atoms with Crippen molar-refractivity contribution in [1.29, 1.82) is 0 Å². The van der Waals surface area contributed by atoms with E-state index in [0.717, 1.165) is 25.7 Å². The molecule has 0 aromatic carbocycles. The zero-order chi connectivity index (χ0) is 11.0. The molecular formula is C12H23NO.